The van der Waals surface area contributed by atoms with Gasteiger partial charge in [0.2, 0.25) is 0 Å². The van der Waals surface area contributed by atoms with Crippen molar-refractivity contribution < 1.29 is 4.39 Å². The lowest BCUT2D eigenvalue weighted by Crippen LogP contribution is -2.37. The molecule has 9 heteroatoms. The first-order chi connectivity index (χ1) is 15.5. The average molecular weight is 448 g/mol. The van der Waals surface area contributed by atoms with Crippen LogP contribution in [0, 0.1) is 24.1 Å². The van der Waals surface area contributed by atoms with E-state index in [4.69, 9.17) is 5.10 Å². The number of halogens is 1. The first-order valence-electron chi connectivity index (χ1n) is 10.5. The Morgan fingerprint density at radius 2 is 2.19 bits per heavy atom. The molecule has 1 aliphatic heterocycles. The van der Waals surface area contributed by atoms with Crippen molar-refractivity contribution in [1.82, 2.24) is 29.7 Å². The molecule has 162 valence electrons. The SMILES string of the molecule is Cc1c(-c2cc(Sc3ncccc3F)c3c(C#N)cnn3c2)cnn1C1CCNC(C)C1. The van der Waals surface area contributed by atoms with Crippen molar-refractivity contribution in [2.45, 2.75) is 48.7 Å². The molecule has 0 aliphatic carbocycles. The second kappa shape index (κ2) is 8.37. The van der Waals surface area contributed by atoms with E-state index in [1.54, 1.807) is 16.8 Å². The molecule has 1 saturated heterocycles. The summed E-state index contributed by atoms with van der Waals surface area (Å²) < 4.78 is 18.1. The summed E-state index contributed by atoms with van der Waals surface area (Å²) >= 11 is 1.19. The van der Waals surface area contributed by atoms with E-state index < -0.39 is 5.82 Å². The van der Waals surface area contributed by atoms with Gasteiger partial charge in [0.25, 0.3) is 0 Å². The third kappa shape index (κ3) is 3.66. The van der Waals surface area contributed by atoms with Crippen LogP contribution in [-0.4, -0.2) is 37.0 Å². The lowest BCUT2D eigenvalue weighted by Gasteiger charge is -2.29. The number of fused-ring (bicyclic) bond motifs is 1. The summed E-state index contributed by atoms with van der Waals surface area (Å²) in [6.07, 6.45) is 8.94. The van der Waals surface area contributed by atoms with Crippen LogP contribution in [0.25, 0.3) is 16.6 Å². The molecule has 4 aromatic heterocycles. The molecule has 5 rings (SSSR count). The Balaban J connectivity index is 1.60. The van der Waals surface area contributed by atoms with Crippen molar-refractivity contribution in [2.24, 2.45) is 0 Å². The normalized spacial score (nSPS) is 18.7. The zero-order chi connectivity index (χ0) is 22.2. The molecule has 32 heavy (non-hydrogen) atoms. The zero-order valence-corrected chi connectivity index (χ0v) is 18.6. The maximum absolute atomic E-state index is 14.3. The van der Waals surface area contributed by atoms with E-state index >= 15 is 0 Å². The van der Waals surface area contributed by atoms with Crippen LogP contribution >= 0.6 is 11.8 Å². The molecule has 7 nitrogen and oxygen atoms in total. The Morgan fingerprint density at radius 3 is 2.97 bits per heavy atom. The smallest absolute Gasteiger partial charge is 0.155 e. The van der Waals surface area contributed by atoms with E-state index in [1.165, 1.54) is 24.0 Å². The molecule has 0 spiro atoms. The van der Waals surface area contributed by atoms with E-state index in [9.17, 15) is 9.65 Å². The van der Waals surface area contributed by atoms with Gasteiger partial charge in [0.1, 0.15) is 11.1 Å². The van der Waals surface area contributed by atoms with Crippen LogP contribution in [0.1, 0.15) is 37.1 Å². The second-order valence-electron chi connectivity index (χ2n) is 8.07. The van der Waals surface area contributed by atoms with Crippen LogP contribution in [0.4, 0.5) is 4.39 Å². The van der Waals surface area contributed by atoms with Crippen molar-refractivity contribution in [3.63, 3.8) is 0 Å². The van der Waals surface area contributed by atoms with E-state index in [0.717, 1.165) is 41.1 Å². The van der Waals surface area contributed by atoms with Crippen molar-refractivity contribution in [3.05, 3.63) is 60.1 Å². The molecular formula is C23H22FN7S. The number of pyridine rings is 2. The van der Waals surface area contributed by atoms with Gasteiger partial charge in [-0.3, -0.25) is 4.68 Å². The third-order valence-electron chi connectivity index (χ3n) is 5.93. The lowest BCUT2D eigenvalue weighted by molar-refractivity contribution is 0.292. The zero-order valence-electron chi connectivity index (χ0n) is 17.8. The Kier molecular flexibility index (Phi) is 5.41. The Morgan fingerprint density at radius 1 is 1.31 bits per heavy atom. The molecule has 5 heterocycles. The molecule has 2 atom stereocenters. The van der Waals surface area contributed by atoms with Gasteiger partial charge < -0.3 is 5.32 Å². The molecule has 2 unspecified atom stereocenters. The fourth-order valence-electron chi connectivity index (χ4n) is 4.34. The minimum absolute atomic E-state index is 0.257. The highest BCUT2D eigenvalue weighted by atomic mass is 32.2. The average Bonchev–Trinajstić information content (AvgIpc) is 3.38. The monoisotopic (exact) mass is 447 g/mol. The molecule has 0 bridgehead atoms. The largest absolute Gasteiger partial charge is 0.314 e. The van der Waals surface area contributed by atoms with Crippen LogP contribution in [0.15, 0.2) is 52.9 Å². The number of rotatable bonds is 4. The van der Waals surface area contributed by atoms with Crippen LogP contribution in [0.5, 0.6) is 0 Å². The second-order valence-corrected chi connectivity index (χ2v) is 9.10. The number of nitrogens with one attached hydrogen (secondary N) is 1. The van der Waals surface area contributed by atoms with Gasteiger partial charge in [0.15, 0.2) is 5.82 Å². The minimum Gasteiger partial charge on any atom is -0.314 e. The van der Waals surface area contributed by atoms with E-state index in [2.05, 4.69) is 40.0 Å². The molecule has 1 fully saturated rings. The van der Waals surface area contributed by atoms with Gasteiger partial charge in [-0.25, -0.2) is 13.9 Å². The summed E-state index contributed by atoms with van der Waals surface area (Å²) in [5.74, 6) is -0.400. The Hall–Kier alpha value is -3.22. The standard InChI is InChI=1S/C23H22FN7S/c1-14-8-18(5-7-26-14)31-15(2)19(12-29-31)16-9-21(32-23-20(24)4-3-6-27-23)22-17(10-25)11-28-30(22)13-16/h3-4,6,9,11-14,18,26H,5,7-8H2,1-2H3. The molecule has 0 radical (unpaired) electrons. The van der Waals surface area contributed by atoms with Crippen molar-refractivity contribution in [2.75, 3.05) is 6.54 Å². The summed E-state index contributed by atoms with van der Waals surface area (Å²) in [6.45, 7) is 5.26. The minimum atomic E-state index is -0.400. The fourth-order valence-corrected chi connectivity index (χ4v) is 5.32. The highest BCUT2D eigenvalue weighted by Gasteiger charge is 2.24. The topological polar surface area (TPSA) is 83.8 Å². The van der Waals surface area contributed by atoms with Crippen molar-refractivity contribution in [3.8, 4) is 17.2 Å². The number of nitriles is 1. The predicted octanol–water partition coefficient (Wildman–Crippen LogP) is 4.38. The first kappa shape index (κ1) is 20.7. The predicted molar refractivity (Wildman–Crippen MR) is 120 cm³/mol. The van der Waals surface area contributed by atoms with Gasteiger partial charge in [-0.1, -0.05) is 11.8 Å². The van der Waals surface area contributed by atoms with Crippen LogP contribution < -0.4 is 5.32 Å². The molecule has 4 aromatic rings. The summed E-state index contributed by atoms with van der Waals surface area (Å²) in [5.41, 5.74) is 4.07. The third-order valence-corrected chi connectivity index (χ3v) is 6.95. The van der Waals surface area contributed by atoms with Gasteiger partial charge in [0, 0.05) is 40.2 Å². The molecule has 1 aliphatic rings. The molecule has 0 saturated carbocycles. The summed E-state index contributed by atoms with van der Waals surface area (Å²) in [6, 6.07) is 7.91. The van der Waals surface area contributed by atoms with E-state index in [-0.39, 0.29) is 5.03 Å². The number of aromatic nitrogens is 5. The first-order valence-corrected chi connectivity index (χ1v) is 11.3. The molecule has 0 aromatic carbocycles. The Labute approximate surface area is 189 Å². The summed E-state index contributed by atoms with van der Waals surface area (Å²) in [5, 5.41) is 22.4. The fraction of sp³-hybridized carbons (Fsp3) is 0.304. The van der Waals surface area contributed by atoms with Crippen LogP contribution in [0.3, 0.4) is 0 Å². The Bertz CT molecular complexity index is 1340. The lowest BCUT2D eigenvalue weighted by atomic mass is 10.0. The van der Waals surface area contributed by atoms with E-state index in [0.29, 0.717) is 23.2 Å². The van der Waals surface area contributed by atoms with Crippen LogP contribution in [0.2, 0.25) is 0 Å². The molecular weight excluding hydrogens is 425 g/mol. The van der Waals surface area contributed by atoms with Gasteiger partial charge in [-0.2, -0.15) is 15.5 Å². The summed E-state index contributed by atoms with van der Waals surface area (Å²) in [7, 11) is 0. The number of hydrogen-bond donors (Lipinski definition) is 1. The number of hydrogen-bond acceptors (Lipinski definition) is 6. The van der Waals surface area contributed by atoms with Gasteiger partial charge in [0.05, 0.1) is 29.5 Å². The molecule has 0 amide bonds. The van der Waals surface area contributed by atoms with Crippen LogP contribution in [-0.2, 0) is 0 Å². The van der Waals surface area contributed by atoms with Crippen molar-refractivity contribution >= 4 is 17.3 Å². The maximum Gasteiger partial charge on any atom is 0.155 e. The molecule has 1 N–H and O–H groups in total. The van der Waals surface area contributed by atoms with Gasteiger partial charge in [-0.15, -0.1) is 0 Å². The van der Waals surface area contributed by atoms with Gasteiger partial charge >= 0.3 is 0 Å². The highest BCUT2D eigenvalue weighted by molar-refractivity contribution is 7.99. The number of piperidine rings is 1. The van der Waals surface area contributed by atoms with Crippen molar-refractivity contribution in [1.29, 1.82) is 5.26 Å². The van der Waals surface area contributed by atoms with E-state index in [1.807, 2.05) is 18.5 Å². The summed E-state index contributed by atoms with van der Waals surface area (Å²) in [4.78, 5) is 4.88. The number of nitrogens with zero attached hydrogens (tertiary/aromatic N) is 6. The van der Waals surface area contributed by atoms with Gasteiger partial charge in [-0.05, 0) is 51.4 Å². The highest BCUT2D eigenvalue weighted by Crippen LogP contribution is 2.37. The quantitative estimate of drug-likeness (QED) is 0.500. The maximum atomic E-state index is 14.3.